The number of Topliss-reactive ketones (excluding diaryl/α,β-unsaturated/α-hetero) is 1. The van der Waals surface area contributed by atoms with Crippen LogP contribution in [0, 0.1) is 6.92 Å². The summed E-state index contributed by atoms with van der Waals surface area (Å²) in [6.07, 6.45) is 1.82. The first-order valence-electron chi connectivity index (χ1n) is 9.61. The Morgan fingerprint density at radius 1 is 1.10 bits per heavy atom. The number of esters is 1. The van der Waals surface area contributed by atoms with Crippen molar-refractivity contribution in [2.45, 2.75) is 13.3 Å². The van der Waals surface area contributed by atoms with Gasteiger partial charge in [0.15, 0.2) is 5.76 Å². The molecular weight excluding hydrogens is 460 g/mol. The number of methoxy groups -OCH3 is 1. The monoisotopic (exact) mass is 478 g/mol. The lowest BCUT2D eigenvalue weighted by Gasteiger charge is -2.10. The van der Waals surface area contributed by atoms with E-state index in [0.29, 0.717) is 22.6 Å². The fourth-order valence-electron chi connectivity index (χ4n) is 3.30. The van der Waals surface area contributed by atoms with Crippen molar-refractivity contribution in [2.24, 2.45) is 0 Å². The number of allylic oxidation sites excluding steroid dienone is 1. The predicted molar refractivity (Wildman–Crippen MR) is 121 cm³/mol. The molecule has 0 bridgehead atoms. The van der Waals surface area contributed by atoms with Crippen molar-refractivity contribution in [3.63, 3.8) is 0 Å². The van der Waals surface area contributed by atoms with E-state index in [4.69, 9.17) is 14.2 Å². The second kappa shape index (κ2) is 8.78. The maximum Gasteiger partial charge on any atom is 0.315 e. The van der Waals surface area contributed by atoms with Crippen LogP contribution in [-0.2, 0) is 11.2 Å². The zero-order valence-corrected chi connectivity index (χ0v) is 18.6. The van der Waals surface area contributed by atoms with E-state index in [1.807, 2.05) is 36.4 Å². The molecule has 0 N–H and O–H groups in total. The van der Waals surface area contributed by atoms with Gasteiger partial charge in [-0.25, -0.2) is 0 Å². The van der Waals surface area contributed by atoms with Crippen LogP contribution in [0.3, 0.4) is 0 Å². The van der Waals surface area contributed by atoms with Crippen LogP contribution in [0.15, 0.2) is 70.9 Å². The Labute approximate surface area is 188 Å². The molecule has 0 aromatic heterocycles. The number of rotatable bonds is 5. The van der Waals surface area contributed by atoms with Gasteiger partial charge in [0.25, 0.3) is 0 Å². The average molecular weight is 479 g/mol. The molecule has 1 aliphatic rings. The number of ether oxygens (including phenoxy) is 3. The molecule has 0 spiro atoms. The van der Waals surface area contributed by atoms with Crippen molar-refractivity contribution >= 4 is 33.8 Å². The first-order chi connectivity index (χ1) is 14.9. The Morgan fingerprint density at radius 3 is 2.58 bits per heavy atom. The van der Waals surface area contributed by atoms with Gasteiger partial charge in [-0.3, -0.25) is 9.59 Å². The van der Waals surface area contributed by atoms with E-state index in [2.05, 4.69) is 15.9 Å². The van der Waals surface area contributed by atoms with Gasteiger partial charge in [0.1, 0.15) is 17.2 Å². The summed E-state index contributed by atoms with van der Waals surface area (Å²) < 4.78 is 17.4. The first kappa shape index (κ1) is 20.9. The van der Waals surface area contributed by atoms with Gasteiger partial charge in [-0.05, 0) is 60.5 Å². The smallest absolute Gasteiger partial charge is 0.315 e. The SMILES string of the molecule is COc1ccc(CC(=O)Oc2ccc3c(c2C)O/C(=C\c2cccc(Br)c2)C3=O)cc1. The minimum atomic E-state index is -0.401. The molecule has 1 heterocycles. The van der Waals surface area contributed by atoms with Gasteiger partial charge in [-0.1, -0.05) is 40.2 Å². The van der Waals surface area contributed by atoms with Crippen LogP contribution in [0.2, 0.25) is 0 Å². The third-order valence-corrected chi connectivity index (χ3v) is 5.41. The minimum Gasteiger partial charge on any atom is -0.497 e. The number of ketones is 1. The Hall–Kier alpha value is -3.38. The molecule has 31 heavy (non-hydrogen) atoms. The van der Waals surface area contributed by atoms with Crippen molar-refractivity contribution in [2.75, 3.05) is 7.11 Å². The third kappa shape index (κ3) is 4.54. The summed E-state index contributed by atoms with van der Waals surface area (Å²) in [5.74, 6) is 1.14. The Balaban J connectivity index is 1.52. The highest BCUT2D eigenvalue weighted by atomic mass is 79.9. The van der Waals surface area contributed by atoms with Crippen LogP contribution < -0.4 is 14.2 Å². The fraction of sp³-hybridized carbons (Fsp3) is 0.120. The lowest BCUT2D eigenvalue weighted by atomic mass is 10.1. The van der Waals surface area contributed by atoms with Crippen molar-refractivity contribution in [1.82, 2.24) is 0 Å². The van der Waals surface area contributed by atoms with Crippen LogP contribution in [0.4, 0.5) is 0 Å². The molecule has 0 saturated heterocycles. The highest BCUT2D eigenvalue weighted by Crippen LogP contribution is 2.39. The largest absolute Gasteiger partial charge is 0.497 e. The third-order valence-electron chi connectivity index (χ3n) is 4.91. The Bertz CT molecular complexity index is 1200. The molecule has 3 aromatic carbocycles. The first-order valence-corrected chi connectivity index (χ1v) is 10.4. The molecule has 6 heteroatoms. The second-order valence-corrected chi connectivity index (χ2v) is 7.97. The van der Waals surface area contributed by atoms with Crippen molar-refractivity contribution in [3.05, 3.63) is 93.1 Å². The zero-order chi connectivity index (χ0) is 22.0. The topological polar surface area (TPSA) is 61.8 Å². The average Bonchev–Trinajstić information content (AvgIpc) is 3.07. The van der Waals surface area contributed by atoms with Crippen LogP contribution in [0.1, 0.15) is 27.0 Å². The van der Waals surface area contributed by atoms with E-state index in [9.17, 15) is 9.59 Å². The molecule has 0 atom stereocenters. The molecule has 0 aliphatic carbocycles. The summed E-state index contributed by atoms with van der Waals surface area (Å²) in [4.78, 5) is 25.2. The molecule has 0 unspecified atom stereocenters. The quantitative estimate of drug-likeness (QED) is 0.274. The number of carbonyl (C=O) groups excluding carboxylic acids is 2. The highest BCUT2D eigenvalue weighted by Gasteiger charge is 2.30. The van der Waals surface area contributed by atoms with Crippen LogP contribution in [-0.4, -0.2) is 18.9 Å². The fourth-order valence-corrected chi connectivity index (χ4v) is 3.71. The highest BCUT2D eigenvalue weighted by molar-refractivity contribution is 9.10. The van der Waals surface area contributed by atoms with Crippen LogP contribution >= 0.6 is 15.9 Å². The summed E-state index contributed by atoms with van der Waals surface area (Å²) in [5, 5.41) is 0. The Morgan fingerprint density at radius 2 is 1.87 bits per heavy atom. The normalized spacial score (nSPS) is 13.6. The molecule has 0 radical (unpaired) electrons. The van der Waals surface area contributed by atoms with Gasteiger partial charge in [0.05, 0.1) is 19.1 Å². The minimum absolute atomic E-state index is 0.119. The van der Waals surface area contributed by atoms with Crippen LogP contribution in [0.5, 0.6) is 17.2 Å². The molecule has 5 nitrogen and oxygen atoms in total. The van der Waals surface area contributed by atoms with Crippen molar-refractivity contribution in [1.29, 1.82) is 0 Å². The van der Waals surface area contributed by atoms with Gasteiger partial charge < -0.3 is 14.2 Å². The molecule has 156 valence electrons. The van der Waals surface area contributed by atoms with E-state index in [-0.39, 0.29) is 18.0 Å². The molecule has 0 amide bonds. The summed E-state index contributed by atoms with van der Waals surface area (Å²) in [6.45, 7) is 1.77. The van der Waals surface area contributed by atoms with E-state index >= 15 is 0 Å². The van der Waals surface area contributed by atoms with Crippen molar-refractivity contribution in [3.8, 4) is 17.2 Å². The lowest BCUT2D eigenvalue weighted by Crippen LogP contribution is -2.12. The molecule has 3 aromatic rings. The molecule has 4 rings (SSSR count). The molecule has 1 aliphatic heterocycles. The predicted octanol–water partition coefficient (Wildman–Crippen LogP) is 5.53. The van der Waals surface area contributed by atoms with Gasteiger partial charge in [0.2, 0.25) is 5.78 Å². The summed E-state index contributed by atoms with van der Waals surface area (Å²) >= 11 is 3.42. The lowest BCUT2D eigenvalue weighted by molar-refractivity contribution is -0.133. The number of hydrogen-bond donors (Lipinski definition) is 0. The standard InChI is InChI=1S/C25H19BrO5/c1-15-21(30-23(27)14-16-6-8-19(29-2)9-7-16)11-10-20-24(28)22(31-25(15)20)13-17-4-3-5-18(26)12-17/h3-13H,14H2,1-2H3/b22-13-. The van der Waals surface area contributed by atoms with E-state index in [1.165, 1.54) is 0 Å². The van der Waals surface area contributed by atoms with Crippen LogP contribution in [0.25, 0.3) is 6.08 Å². The van der Waals surface area contributed by atoms with Gasteiger partial charge >= 0.3 is 5.97 Å². The van der Waals surface area contributed by atoms with E-state index in [0.717, 1.165) is 21.3 Å². The van der Waals surface area contributed by atoms with Crippen molar-refractivity contribution < 1.29 is 23.8 Å². The molecular formula is C25H19BrO5. The van der Waals surface area contributed by atoms with Gasteiger partial charge in [-0.2, -0.15) is 0 Å². The summed E-state index contributed by atoms with van der Waals surface area (Å²) in [5.41, 5.74) is 2.71. The van der Waals surface area contributed by atoms with E-state index < -0.39 is 5.97 Å². The van der Waals surface area contributed by atoms with Gasteiger partial charge in [-0.15, -0.1) is 0 Å². The number of benzene rings is 3. The maximum absolute atomic E-state index is 12.7. The van der Waals surface area contributed by atoms with Gasteiger partial charge in [0, 0.05) is 10.0 Å². The number of halogens is 1. The molecule has 0 saturated carbocycles. The second-order valence-electron chi connectivity index (χ2n) is 7.06. The summed E-state index contributed by atoms with van der Waals surface area (Å²) in [6, 6.07) is 18.0. The summed E-state index contributed by atoms with van der Waals surface area (Å²) in [7, 11) is 1.59. The maximum atomic E-state index is 12.7. The van der Waals surface area contributed by atoms with E-state index in [1.54, 1.807) is 44.4 Å². The zero-order valence-electron chi connectivity index (χ0n) is 17.0. The number of hydrogen-bond acceptors (Lipinski definition) is 5. The Kier molecular flexibility index (Phi) is 5.91. The number of fused-ring (bicyclic) bond motifs is 1. The number of carbonyl (C=O) groups is 2. The molecule has 0 fully saturated rings.